The molecule has 1 fully saturated rings. The molecule has 0 saturated heterocycles. The molecule has 4 heteroatoms. The number of thiocarbonyl (C=S) groups is 1. The van der Waals surface area contributed by atoms with Crippen LogP contribution in [-0.2, 0) is 0 Å². The Kier molecular flexibility index (Phi) is 6.30. The van der Waals surface area contributed by atoms with Crippen molar-refractivity contribution in [3.8, 4) is 5.75 Å². The second kappa shape index (κ2) is 8.23. The first-order valence-electron chi connectivity index (χ1n) is 8.00. The molecule has 1 aliphatic carbocycles. The Labute approximate surface area is 133 Å². The maximum absolute atomic E-state index is 5.75. The summed E-state index contributed by atoms with van der Waals surface area (Å²) < 4.78 is 5.75. The molecule has 1 aromatic carbocycles. The molecule has 1 aromatic rings. The van der Waals surface area contributed by atoms with Crippen LogP contribution in [0.2, 0.25) is 0 Å². The van der Waals surface area contributed by atoms with Crippen molar-refractivity contribution in [1.82, 2.24) is 5.32 Å². The number of hydrogen-bond donors (Lipinski definition) is 2. The Balaban J connectivity index is 1.92. The van der Waals surface area contributed by atoms with E-state index >= 15 is 0 Å². The lowest BCUT2D eigenvalue weighted by molar-refractivity contribution is 0.309. The van der Waals surface area contributed by atoms with Crippen molar-refractivity contribution in [2.75, 3.05) is 11.9 Å². The van der Waals surface area contributed by atoms with Gasteiger partial charge in [0.25, 0.3) is 0 Å². The highest BCUT2D eigenvalue weighted by Gasteiger charge is 2.21. The zero-order chi connectivity index (χ0) is 15.1. The number of ether oxygens (including phenoxy) is 1. The lowest BCUT2D eigenvalue weighted by atomic mass is 9.86. The molecule has 0 heterocycles. The molecule has 21 heavy (non-hydrogen) atoms. The minimum atomic E-state index is 0.488. The van der Waals surface area contributed by atoms with Gasteiger partial charge in [0.15, 0.2) is 5.11 Å². The largest absolute Gasteiger partial charge is 0.491 e. The van der Waals surface area contributed by atoms with E-state index in [4.69, 9.17) is 17.0 Å². The monoisotopic (exact) mass is 306 g/mol. The van der Waals surface area contributed by atoms with Crippen molar-refractivity contribution in [3.63, 3.8) is 0 Å². The van der Waals surface area contributed by atoms with Crippen LogP contribution in [0, 0.1) is 5.92 Å². The molecule has 0 aromatic heterocycles. The van der Waals surface area contributed by atoms with Gasteiger partial charge in [0.2, 0.25) is 0 Å². The summed E-state index contributed by atoms with van der Waals surface area (Å²) in [5, 5.41) is 7.44. The van der Waals surface area contributed by atoms with E-state index in [1.165, 1.54) is 25.7 Å². The smallest absolute Gasteiger partial charge is 0.171 e. The van der Waals surface area contributed by atoms with Crippen molar-refractivity contribution >= 4 is 23.0 Å². The van der Waals surface area contributed by atoms with E-state index in [-0.39, 0.29) is 0 Å². The number of para-hydroxylation sites is 2. The fourth-order valence-corrected chi connectivity index (χ4v) is 3.03. The second-order valence-electron chi connectivity index (χ2n) is 5.81. The van der Waals surface area contributed by atoms with Gasteiger partial charge < -0.3 is 15.4 Å². The number of rotatable bonds is 5. The Morgan fingerprint density at radius 1 is 1.29 bits per heavy atom. The summed E-state index contributed by atoms with van der Waals surface area (Å²) in [6, 6.07) is 8.44. The Morgan fingerprint density at radius 3 is 2.81 bits per heavy atom. The van der Waals surface area contributed by atoms with Crippen molar-refractivity contribution in [3.05, 3.63) is 24.3 Å². The summed E-state index contributed by atoms with van der Waals surface area (Å²) in [4.78, 5) is 0. The molecule has 0 bridgehead atoms. The molecule has 0 amide bonds. The van der Waals surface area contributed by atoms with Crippen LogP contribution in [0.4, 0.5) is 5.69 Å². The highest BCUT2D eigenvalue weighted by Crippen LogP contribution is 2.26. The van der Waals surface area contributed by atoms with Gasteiger partial charge in [-0.1, -0.05) is 38.8 Å². The second-order valence-corrected chi connectivity index (χ2v) is 6.22. The molecular formula is C17H26N2OS. The average Bonchev–Trinajstić information content (AvgIpc) is 2.49. The highest BCUT2D eigenvalue weighted by molar-refractivity contribution is 7.80. The van der Waals surface area contributed by atoms with Crippen LogP contribution in [-0.4, -0.2) is 17.8 Å². The molecule has 0 unspecified atom stereocenters. The zero-order valence-corrected chi connectivity index (χ0v) is 13.8. The molecular weight excluding hydrogens is 280 g/mol. The Bertz CT molecular complexity index is 464. The van der Waals surface area contributed by atoms with Crippen LogP contribution in [0.25, 0.3) is 0 Å². The number of nitrogens with one attached hydrogen (secondary N) is 2. The van der Waals surface area contributed by atoms with Crippen LogP contribution < -0.4 is 15.4 Å². The summed E-state index contributed by atoms with van der Waals surface area (Å²) >= 11 is 5.46. The molecule has 2 atom stereocenters. The third kappa shape index (κ3) is 4.88. The van der Waals surface area contributed by atoms with E-state index in [1.807, 2.05) is 24.3 Å². The molecule has 1 saturated carbocycles. The van der Waals surface area contributed by atoms with E-state index in [0.29, 0.717) is 17.1 Å². The molecule has 0 aliphatic heterocycles. The first kappa shape index (κ1) is 16.1. The summed E-state index contributed by atoms with van der Waals surface area (Å²) in [6.45, 7) is 5.13. The average molecular weight is 306 g/mol. The fourth-order valence-electron chi connectivity index (χ4n) is 2.77. The number of anilines is 1. The van der Waals surface area contributed by atoms with Crippen LogP contribution in [0.1, 0.15) is 46.0 Å². The standard InChI is InChI=1S/C17H26N2OS/c1-3-12-20-16-11-7-6-10-15(16)19-17(21)18-14-9-5-4-8-13(14)2/h6-7,10-11,13-14H,3-5,8-9,12H2,1-2H3,(H2,18,19,21)/t13-,14-/m0/s1. The van der Waals surface area contributed by atoms with Gasteiger partial charge >= 0.3 is 0 Å². The van der Waals surface area contributed by atoms with Crippen LogP contribution in [0.3, 0.4) is 0 Å². The summed E-state index contributed by atoms with van der Waals surface area (Å²) in [7, 11) is 0. The first-order valence-corrected chi connectivity index (χ1v) is 8.41. The summed E-state index contributed by atoms with van der Waals surface area (Å²) in [5.74, 6) is 1.55. The molecule has 1 aliphatic rings. The molecule has 0 spiro atoms. The van der Waals surface area contributed by atoms with Gasteiger partial charge in [-0.3, -0.25) is 0 Å². The predicted octanol–water partition coefficient (Wildman–Crippen LogP) is 4.34. The van der Waals surface area contributed by atoms with E-state index in [9.17, 15) is 0 Å². The van der Waals surface area contributed by atoms with Gasteiger partial charge in [0.05, 0.1) is 12.3 Å². The van der Waals surface area contributed by atoms with Crippen LogP contribution in [0.5, 0.6) is 5.75 Å². The Hall–Kier alpha value is -1.29. The molecule has 2 rings (SSSR count). The highest BCUT2D eigenvalue weighted by atomic mass is 32.1. The van der Waals surface area contributed by atoms with Crippen molar-refractivity contribution in [2.45, 2.75) is 52.0 Å². The van der Waals surface area contributed by atoms with Gasteiger partial charge in [-0.15, -0.1) is 0 Å². The maximum atomic E-state index is 5.75. The minimum Gasteiger partial charge on any atom is -0.491 e. The van der Waals surface area contributed by atoms with Gasteiger partial charge in [-0.2, -0.15) is 0 Å². The third-order valence-electron chi connectivity index (χ3n) is 4.02. The van der Waals surface area contributed by atoms with E-state index in [1.54, 1.807) is 0 Å². The van der Waals surface area contributed by atoms with Crippen molar-refractivity contribution in [2.24, 2.45) is 5.92 Å². The van der Waals surface area contributed by atoms with E-state index in [2.05, 4.69) is 24.5 Å². The lowest BCUT2D eigenvalue weighted by Crippen LogP contribution is -2.43. The normalized spacial score (nSPS) is 21.6. The number of hydrogen-bond acceptors (Lipinski definition) is 2. The molecule has 116 valence electrons. The summed E-state index contributed by atoms with van der Waals surface area (Å²) in [6.07, 6.45) is 6.12. The van der Waals surface area contributed by atoms with Crippen LogP contribution >= 0.6 is 12.2 Å². The van der Waals surface area contributed by atoms with Crippen LogP contribution in [0.15, 0.2) is 24.3 Å². The van der Waals surface area contributed by atoms with Crippen molar-refractivity contribution in [1.29, 1.82) is 0 Å². The molecule has 0 radical (unpaired) electrons. The van der Waals surface area contributed by atoms with E-state index in [0.717, 1.165) is 24.5 Å². The predicted molar refractivity (Wildman–Crippen MR) is 93.0 cm³/mol. The quantitative estimate of drug-likeness (QED) is 0.793. The maximum Gasteiger partial charge on any atom is 0.171 e. The Morgan fingerprint density at radius 2 is 2.05 bits per heavy atom. The topological polar surface area (TPSA) is 33.3 Å². The van der Waals surface area contributed by atoms with Crippen molar-refractivity contribution < 1.29 is 4.74 Å². The SMILES string of the molecule is CCCOc1ccccc1NC(=S)N[C@H]1CCCC[C@@H]1C. The molecule has 3 nitrogen and oxygen atoms in total. The minimum absolute atomic E-state index is 0.488. The fraction of sp³-hybridized carbons (Fsp3) is 0.588. The third-order valence-corrected chi connectivity index (χ3v) is 4.24. The van der Waals surface area contributed by atoms with Gasteiger partial charge in [-0.05, 0) is 49.5 Å². The zero-order valence-electron chi connectivity index (χ0n) is 13.0. The van der Waals surface area contributed by atoms with Gasteiger partial charge in [-0.25, -0.2) is 0 Å². The van der Waals surface area contributed by atoms with Gasteiger partial charge in [0, 0.05) is 6.04 Å². The lowest BCUT2D eigenvalue weighted by Gasteiger charge is -2.30. The van der Waals surface area contributed by atoms with E-state index < -0.39 is 0 Å². The first-order chi connectivity index (χ1) is 10.2. The summed E-state index contributed by atoms with van der Waals surface area (Å²) in [5.41, 5.74) is 0.937. The van der Waals surface area contributed by atoms with Gasteiger partial charge in [0.1, 0.15) is 5.75 Å². The molecule has 2 N–H and O–H groups in total. The number of benzene rings is 1.